The highest BCUT2D eigenvalue weighted by Gasteiger charge is 2.11. The Labute approximate surface area is 131 Å². The summed E-state index contributed by atoms with van der Waals surface area (Å²) in [5.41, 5.74) is 8.57. The topological polar surface area (TPSA) is 12.0 Å². The summed E-state index contributed by atoms with van der Waals surface area (Å²) >= 11 is 0. The Morgan fingerprint density at radius 2 is 1.45 bits per heavy atom. The Kier molecular flexibility index (Phi) is 3.05. The summed E-state index contributed by atoms with van der Waals surface area (Å²) in [6.45, 7) is 2.12. The molecule has 2 aromatic rings. The van der Waals surface area contributed by atoms with Crippen molar-refractivity contribution < 1.29 is 0 Å². The minimum absolute atomic E-state index is 1.15. The number of benzene rings is 2. The molecule has 1 heterocycles. The van der Waals surface area contributed by atoms with Crippen LogP contribution in [0, 0.1) is 6.92 Å². The van der Waals surface area contributed by atoms with Gasteiger partial charge in [0.2, 0.25) is 0 Å². The van der Waals surface area contributed by atoms with Gasteiger partial charge in [-0.25, -0.2) is 0 Å². The third kappa shape index (κ3) is 2.31. The molecule has 1 aliphatic carbocycles. The average molecular weight is 283 g/mol. The highest BCUT2D eigenvalue weighted by atomic mass is 14.9. The highest BCUT2D eigenvalue weighted by Crippen LogP contribution is 2.31. The van der Waals surface area contributed by atoms with Crippen molar-refractivity contribution in [3.05, 3.63) is 95.2 Å². The fourth-order valence-corrected chi connectivity index (χ4v) is 2.82. The van der Waals surface area contributed by atoms with Gasteiger partial charge in [0, 0.05) is 11.4 Å². The first-order valence-corrected chi connectivity index (χ1v) is 7.55. The molecule has 0 spiro atoms. The van der Waals surface area contributed by atoms with Crippen LogP contribution in [0.3, 0.4) is 0 Å². The van der Waals surface area contributed by atoms with Crippen molar-refractivity contribution in [2.75, 3.05) is 5.32 Å². The van der Waals surface area contributed by atoms with E-state index in [9.17, 15) is 0 Å². The number of allylic oxidation sites excluding steroid dienone is 6. The van der Waals surface area contributed by atoms with Gasteiger partial charge >= 0.3 is 0 Å². The van der Waals surface area contributed by atoms with Crippen LogP contribution in [0.1, 0.15) is 11.1 Å². The molecule has 0 saturated heterocycles. The minimum atomic E-state index is 1.15. The van der Waals surface area contributed by atoms with Gasteiger partial charge in [-0.05, 0) is 47.4 Å². The lowest BCUT2D eigenvalue weighted by Crippen LogP contribution is -2.04. The van der Waals surface area contributed by atoms with Crippen LogP contribution in [0.5, 0.6) is 0 Å². The van der Waals surface area contributed by atoms with E-state index in [2.05, 4.69) is 91.2 Å². The van der Waals surface area contributed by atoms with Gasteiger partial charge in [0.1, 0.15) is 0 Å². The SMILES string of the molecule is Cc1ccc(-c2ccc3c(c2)C=CC(=C2C=CC=C2)N3)cc1. The molecule has 2 aliphatic rings. The van der Waals surface area contributed by atoms with Crippen LogP contribution in [0.25, 0.3) is 17.2 Å². The monoisotopic (exact) mass is 283 g/mol. The Balaban J connectivity index is 1.70. The standard InChI is InChI=1S/C21H17N/c1-15-6-8-16(9-7-15)18-10-12-21-19(14-18)11-13-20(22-21)17-4-2-3-5-17/h2-14,22H,1H3. The van der Waals surface area contributed by atoms with Crippen molar-refractivity contribution in [3.63, 3.8) is 0 Å². The largest absolute Gasteiger partial charge is 0.355 e. The summed E-state index contributed by atoms with van der Waals surface area (Å²) in [7, 11) is 0. The van der Waals surface area contributed by atoms with Crippen LogP contribution in [-0.4, -0.2) is 0 Å². The zero-order valence-electron chi connectivity index (χ0n) is 12.5. The van der Waals surface area contributed by atoms with E-state index in [0.29, 0.717) is 0 Å². The zero-order chi connectivity index (χ0) is 14.9. The predicted molar refractivity (Wildman–Crippen MR) is 94.6 cm³/mol. The summed E-state index contributed by atoms with van der Waals surface area (Å²) in [5, 5.41) is 3.52. The number of fused-ring (bicyclic) bond motifs is 1. The molecule has 0 saturated carbocycles. The molecule has 0 radical (unpaired) electrons. The molecule has 1 nitrogen and oxygen atoms in total. The van der Waals surface area contributed by atoms with E-state index in [1.807, 2.05) is 0 Å². The number of hydrogen-bond donors (Lipinski definition) is 1. The Morgan fingerprint density at radius 3 is 2.23 bits per heavy atom. The van der Waals surface area contributed by atoms with Crippen LogP contribution in [-0.2, 0) is 0 Å². The normalized spacial score (nSPS) is 15.1. The molecular formula is C21H17N. The van der Waals surface area contributed by atoms with Gasteiger partial charge in [-0.1, -0.05) is 66.3 Å². The average Bonchev–Trinajstić information content (AvgIpc) is 3.09. The minimum Gasteiger partial charge on any atom is -0.355 e. The van der Waals surface area contributed by atoms with E-state index in [-0.39, 0.29) is 0 Å². The van der Waals surface area contributed by atoms with Gasteiger partial charge in [-0.3, -0.25) is 0 Å². The molecule has 1 N–H and O–H groups in total. The molecule has 2 aromatic carbocycles. The number of anilines is 1. The fraction of sp³-hybridized carbons (Fsp3) is 0.0476. The molecule has 0 unspecified atom stereocenters. The second-order valence-electron chi connectivity index (χ2n) is 5.71. The Hall–Kier alpha value is -2.80. The van der Waals surface area contributed by atoms with Gasteiger partial charge in [0.15, 0.2) is 0 Å². The van der Waals surface area contributed by atoms with Gasteiger partial charge < -0.3 is 5.32 Å². The van der Waals surface area contributed by atoms with E-state index < -0.39 is 0 Å². The molecule has 0 bridgehead atoms. The molecule has 106 valence electrons. The van der Waals surface area contributed by atoms with E-state index in [4.69, 9.17) is 0 Å². The third-order valence-electron chi connectivity index (χ3n) is 4.11. The summed E-state index contributed by atoms with van der Waals surface area (Å²) in [4.78, 5) is 0. The van der Waals surface area contributed by atoms with Crippen LogP contribution in [0.4, 0.5) is 5.69 Å². The molecule has 0 amide bonds. The first kappa shape index (κ1) is 12.9. The Morgan fingerprint density at radius 1 is 0.727 bits per heavy atom. The summed E-state index contributed by atoms with van der Waals surface area (Å²) < 4.78 is 0. The van der Waals surface area contributed by atoms with Crippen LogP contribution in [0.2, 0.25) is 0 Å². The second-order valence-corrected chi connectivity index (χ2v) is 5.71. The fourth-order valence-electron chi connectivity index (χ4n) is 2.82. The predicted octanol–water partition coefficient (Wildman–Crippen LogP) is 5.48. The van der Waals surface area contributed by atoms with Gasteiger partial charge in [0.05, 0.1) is 0 Å². The second kappa shape index (κ2) is 5.19. The number of hydrogen-bond acceptors (Lipinski definition) is 1. The lowest BCUT2D eigenvalue weighted by Gasteiger charge is -2.18. The zero-order valence-corrected chi connectivity index (χ0v) is 12.5. The van der Waals surface area contributed by atoms with Crippen molar-refractivity contribution in [2.24, 2.45) is 0 Å². The summed E-state index contributed by atoms with van der Waals surface area (Å²) in [5.74, 6) is 0. The highest BCUT2D eigenvalue weighted by molar-refractivity contribution is 5.80. The smallest absolute Gasteiger partial charge is 0.0458 e. The van der Waals surface area contributed by atoms with Crippen molar-refractivity contribution in [3.8, 4) is 11.1 Å². The van der Waals surface area contributed by atoms with Gasteiger partial charge in [-0.2, -0.15) is 0 Å². The lowest BCUT2D eigenvalue weighted by atomic mass is 9.98. The van der Waals surface area contributed by atoms with E-state index in [1.54, 1.807) is 0 Å². The van der Waals surface area contributed by atoms with Gasteiger partial charge in [-0.15, -0.1) is 0 Å². The maximum Gasteiger partial charge on any atom is 0.0458 e. The van der Waals surface area contributed by atoms with Crippen molar-refractivity contribution in [1.29, 1.82) is 0 Å². The number of rotatable bonds is 1. The molecule has 0 atom stereocenters. The van der Waals surface area contributed by atoms with Crippen LogP contribution in [0.15, 0.2) is 84.1 Å². The molecule has 4 rings (SSSR count). The first-order valence-electron chi connectivity index (χ1n) is 7.55. The quantitative estimate of drug-likeness (QED) is 0.730. The summed E-state index contributed by atoms with van der Waals surface area (Å²) in [6.07, 6.45) is 12.7. The maximum atomic E-state index is 3.52. The molecule has 0 fully saturated rings. The Bertz CT molecular complexity index is 832. The van der Waals surface area contributed by atoms with Crippen molar-refractivity contribution >= 4 is 11.8 Å². The molecule has 1 heteroatoms. The van der Waals surface area contributed by atoms with E-state index >= 15 is 0 Å². The van der Waals surface area contributed by atoms with E-state index in [1.165, 1.54) is 27.8 Å². The first-order chi connectivity index (χ1) is 10.8. The number of aryl methyl sites for hydroxylation is 1. The van der Waals surface area contributed by atoms with Crippen molar-refractivity contribution in [2.45, 2.75) is 6.92 Å². The maximum absolute atomic E-state index is 3.52. The molecule has 1 aliphatic heterocycles. The number of nitrogens with one attached hydrogen (secondary N) is 1. The molecule has 0 aromatic heterocycles. The molecule has 22 heavy (non-hydrogen) atoms. The summed E-state index contributed by atoms with van der Waals surface area (Å²) in [6, 6.07) is 15.3. The lowest BCUT2D eigenvalue weighted by molar-refractivity contribution is 1.40. The van der Waals surface area contributed by atoms with E-state index in [0.717, 1.165) is 11.4 Å². The van der Waals surface area contributed by atoms with Gasteiger partial charge in [0.25, 0.3) is 0 Å². The van der Waals surface area contributed by atoms with Crippen LogP contribution >= 0.6 is 0 Å². The molecular weight excluding hydrogens is 266 g/mol. The third-order valence-corrected chi connectivity index (χ3v) is 4.11. The van der Waals surface area contributed by atoms with Crippen molar-refractivity contribution in [1.82, 2.24) is 0 Å². The van der Waals surface area contributed by atoms with Crippen LogP contribution < -0.4 is 5.32 Å².